The van der Waals surface area contributed by atoms with Gasteiger partial charge in [0.25, 0.3) is 0 Å². The lowest BCUT2D eigenvalue weighted by atomic mass is 9.91. The number of hydrogen-bond acceptors (Lipinski definition) is 3. The Balaban J connectivity index is 1.53. The van der Waals surface area contributed by atoms with E-state index in [0.717, 1.165) is 18.1 Å². The first-order valence-corrected chi connectivity index (χ1v) is 7.78. The van der Waals surface area contributed by atoms with Gasteiger partial charge in [0.15, 0.2) is 0 Å². The van der Waals surface area contributed by atoms with Gasteiger partial charge in [-0.2, -0.15) is 5.10 Å². The Hall–Kier alpha value is -1.55. The molecule has 0 atom stereocenters. The van der Waals surface area contributed by atoms with Crippen LogP contribution in [0.4, 0.5) is 5.69 Å². The summed E-state index contributed by atoms with van der Waals surface area (Å²) in [6, 6.07) is 7.75. The quantitative estimate of drug-likeness (QED) is 0.783. The summed E-state index contributed by atoms with van der Waals surface area (Å²) in [7, 11) is 0. The van der Waals surface area contributed by atoms with Crippen molar-refractivity contribution in [1.29, 1.82) is 0 Å². The van der Waals surface area contributed by atoms with Gasteiger partial charge in [-0.15, -0.1) is 0 Å². The molecule has 1 fully saturated rings. The average Bonchev–Trinajstić information content (AvgIpc) is 2.94. The molecule has 1 heterocycles. The fourth-order valence-corrected chi connectivity index (χ4v) is 3.06. The van der Waals surface area contributed by atoms with Gasteiger partial charge in [-0.25, -0.2) is 0 Å². The molecule has 1 saturated carbocycles. The largest absolute Gasteiger partial charge is 0.382 e. The molecular weight excluding hydrogens is 248 g/mol. The second kappa shape index (κ2) is 6.27. The molecule has 0 radical (unpaired) electrons. The van der Waals surface area contributed by atoms with Crippen molar-refractivity contribution < 1.29 is 0 Å². The van der Waals surface area contributed by atoms with Crippen molar-refractivity contribution in [2.75, 3.05) is 11.9 Å². The third-order valence-electron chi connectivity index (χ3n) is 4.22. The van der Waals surface area contributed by atoms with E-state index < -0.39 is 0 Å². The van der Waals surface area contributed by atoms with E-state index in [4.69, 9.17) is 0 Å². The molecular formula is C16H24N4. The smallest absolute Gasteiger partial charge is 0.0651 e. The second-order valence-electron chi connectivity index (χ2n) is 5.82. The molecule has 1 aliphatic rings. The minimum absolute atomic E-state index is 0.610. The summed E-state index contributed by atoms with van der Waals surface area (Å²) >= 11 is 0. The van der Waals surface area contributed by atoms with Gasteiger partial charge in [0.05, 0.1) is 11.7 Å². The number of H-pyrrole nitrogens is 1. The summed E-state index contributed by atoms with van der Waals surface area (Å²) < 4.78 is 0. The Morgan fingerprint density at radius 1 is 1.20 bits per heavy atom. The van der Waals surface area contributed by atoms with Gasteiger partial charge >= 0.3 is 0 Å². The van der Waals surface area contributed by atoms with Crippen LogP contribution >= 0.6 is 0 Å². The van der Waals surface area contributed by atoms with Crippen molar-refractivity contribution in [3.8, 4) is 0 Å². The Morgan fingerprint density at radius 2 is 2.00 bits per heavy atom. The molecule has 1 aliphatic carbocycles. The molecule has 4 nitrogen and oxygen atoms in total. The zero-order valence-electron chi connectivity index (χ0n) is 12.2. The van der Waals surface area contributed by atoms with Crippen LogP contribution in [0, 0.1) is 0 Å². The number of nitrogens with one attached hydrogen (secondary N) is 3. The van der Waals surface area contributed by atoms with E-state index in [2.05, 4.69) is 46.0 Å². The zero-order chi connectivity index (χ0) is 13.8. The summed E-state index contributed by atoms with van der Waals surface area (Å²) in [5.74, 6) is 0. The molecule has 0 saturated heterocycles. The number of benzene rings is 1. The average molecular weight is 272 g/mol. The van der Waals surface area contributed by atoms with E-state index in [9.17, 15) is 0 Å². The topological polar surface area (TPSA) is 52.7 Å². The summed E-state index contributed by atoms with van der Waals surface area (Å²) in [5.41, 5.74) is 2.31. The Bertz CT molecular complexity index is 540. The molecule has 0 aliphatic heterocycles. The summed E-state index contributed by atoms with van der Waals surface area (Å²) in [5, 5.41) is 15.5. The van der Waals surface area contributed by atoms with Gasteiger partial charge in [0.1, 0.15) is 0 Å². The van der Waals surface area contributed by atoms with Crippen LogP contribution in [0.3, 0.4) is 0 Å². The van der Waals surface area contributed by atoms with Crippen LogP contribution in [0.5, 0.6) is 0 Å². The van der Waals surface area contributed by atoms with E-state index in [1.165, 1.54) is 43.2 Å². The summed E-state index contributed by atoms with van der Waals surface area (Å²) in [6.07, 6.45) is 8.18. The molecule has 0 unspecified atom stereocenters. The van der Waals surface area contributed by atoms with Crippen LogP contribution in [-0.2, 0) is 0 Å². The molecule has 0 spiro atoms. The number of fused-ring (bicyclic) bond motifs is 1. The highest BCUT2D eigenvalue weighted by Crippen LogP contribution is 2.24. The van der Waals surface area contributed by atoms with Crippen LogP contribution in [0.1, 0.15) is 39.0 Å². The fourth-order valence-electron chi connectivity index (χ4n) is 3.06. The van der Waals surface area contributed by atoms with Gasteiger partial charge < -0.3 is 10.6 Å². The molecule has 2 aromatic rings. The highest BCUT2D eigenvalue weighted by atomic mass is 15.1. The lowest BCUT2D eigenvalue weighted by Gasteiger charge is -2.30. The van der Waals surface area contributed by atoms with Gasteiger partial charge in [0.2, 0.25) is 0 Å². The molecule has 3 N–H and O–H groups in total. The van der Waals surface area contributed by atoms with Crippen LogP contribution < -0.4 is 10.6 Å². The van der Waals surface area contributed by atoms with Gasteiger partial charge in [-0.05, 0) is 56.8 Å². The number of aromatic nitrogens is 2. The Labute approximate surface area is 120 Å². The van der Waals surface area contributed by atoms with Crippen LogP contribution in [0.25, 0.3) is 10.9 Å². The fraction of sp³-hybridized carbons (Fsp3) is 0.562. The monoisotopic (exact) mass is 272 g/mol. The molecule has 0 amide bonds. The first-order valence-electron chi connectivity index (χ1n) is 7.78. The number of rotatable bonds is 5. The molecule has 1 aromatic carbocycles. The maximum absolute atomic E-state index is 4.07. The lowest BCUT2D eigenvalue weighted by Crippen LogP contribution is -2.37. The molecule has 20 heavy (non-hydrogen) atoms. The third-order valence-corrected chi connectivity index (χ3v) is 4.22. The first kappa shape index (κ1) is 13.4. The predicted molar refractivity (Wildman–Crippen MR) is 84.1 cm³/mol. The highest BCUT2D eigenvalue weighted by Gasteiger charge is 2.20. The summed E-state index contributed by atoms with van der Waals surface area (Å²) in [6.45, 7) is 3.38. The highest BCUT2D eigenvalue weighted by molar-refractivity contribution is 5.81. The predicted octanol–water partition coefficient (Wildman–Crippen LogP) is 3.29. The zero-order valence-corrected chi connectivity index (χ0v) is 12.2. The van der Waals surface area contributed by atoms with Gasteiger partial charge in [0, 0.05) is 23.2 Å². The minimum Gasteiger partial charge on any atom is -0.382 e. The van der Waals surface area contributed by atoms with Crippen molar-refractivity contribution in [2.24, 2.45) is 0 Å². The standard InChI is InChI=1S/C16H24N4/c1-2-9-17-13-3-5-14(6-4-13)19-15-7-8-16-12(10-15)11-18-20-16/h7-8,10-11,13-14,17,19H,2-6,9H2,1H3,(H,18,20)/t13-,14+. The molecule has 3 rings (SSSR count). The molecule has 0 bridgehead atoms. The lowest BCUT2D eigenvalue weighted by molar-refractivity contribution is 0.355. The number of nitrogens with zero attached hydrogens (tertiary/aromatic N) is 1. The first-order chi connectivity index (χ1) is 9.85. The van der Waals surface area contributed by atoms with Crippen molar-refractivity contribution in [3.05, 3.63) is 24.4 Å². The normalized spacial score (nSPS) is 23.1. The SMILES string of the molecule is CCCN[C@H]1CC[C@@H](Nc2ccc3[nH]ncc3c2)CC1. The maximum Gasteiger partial charge on any atom is 0.0651 e. The van der Waals surface area contributed by atoms with Crippen LogP contribution in [-0.4, -0.2) is 28.8 Å². The molecule has 108 valence electrons. The van der Waals surface area contributed by atoms with E-state index in [1.807, 2.05) is 6.20 Å². The van der Waals surface area contributed by atoms with Crippen molar-refractivity contribution in [1.82, 2.24) is 15.5 Å². The van der Waals surface area contributed by atoms with Crippen molar-refractivity contribution in [3.63, 3.8) is 0 Å². The van der Waals surface area contributed by atoms with E-state index in [-0.39, 0.29) is 0 Å². The third kappa shape index (κ3) is 3.12. The molecule has 4 heteroatoms. The second-order valence-corrected chi connectivity index (χ2v) is 5.82. The number of anilines is 1. The number of hydrogen-bond donors (Lipinski definition) is 3. The molecule has 1 aromatic heterocycles. The van der Waals surface area contributed by atoms with Crippen LogP contribution in [0.15, 0.2) is 24.4 Å². The van der Waals surface area contributed by atoms with E-state index >= 15 is 0 Å². The maximum atomic E-state index is 4.07. The minimum atomic E-state index is 0.610. The Kier molecular flexibility index (Phi) is 4.21. The van der Waals surface area contributed by atoms with Crippen molar-refractivity contribution in [2.45, 2.75) is 51.1 Å². The van der Waals surface area contributed by atoms with E-state index in [0.29, 0.717) is 6.04 Å². The van der Waals surface area contributed by atoms with E-state index in [1.54, 1.807) is 0 Å². The van der Waals surface area contributed by atoms with Gasteiger partial charge in [-0.1, -0.05) is 6.92 Å². The summed E-state index contributed by atoms with van der Waals surface area (Å²) in [4.78, 5) is 0. The van der Waals surface area contributed by atoms with Gasteiger partial charge in [-0.3, -0.25) is 5.10 Å². The Morgan fingerprint density at radius 3 is 2.80 bits per heavy atom. The number of aromatic amines is 1. The van der Waals surface area contributed by atoms with Crippen LogP contribution in [0.2, 0.25) is 0 Å². The van der Waals surface area contributed by atoms with Crippen molar-refractivity contribution >= 4 is 16.6 Å².